The lowest BCUT2D eigenvalue weighted by Gasteiger charge is -2.16. The average molecular weight is 248 g/mol. The standard InChI is InChI=1S/C13H16N2O3/c1-9(12(16)17)11(14-13(18)15(2)3)10-7-5-4-6-8-10/h4-8H,1-3H3,(H,14,18)(H,16,17)/b11-9-. The first-order valence-electron chi connectivity index (χ1n) is 5.41. The molecule has 2 amide bonds. The number of aliphatic carboxylic acids is 1. The zero-order valence-corrected chi connectivity index (χ0v) is 10.6. The van der Waals surface area contributed by atoms with Gasteiger partial charge in [-0.05, 0) is 12.5 Å². The average Bonchev–Trinajstić information content (AvgIpc) is 2.35. The normalized spacial score (nSPS) is 11.5. The number of carbonyl (C=O) groups is 2. The molecule has 0 radical (unpaired) electrons. The Balaban J connectivity index is 3.17. The molecule has 1 rings (SSSR count). The molecule has 18 heavy (non-hydrogen) atoms. The Labute approximate surface area is 106 Å². The number of urea groups is 1. The fourth-order valence-electron chi connectivity index (χ4n) is 1.31. The number of benzene rings is 1. The highest BCUT2D eigenvalue weighted by Gasteiger charge is 2.15. The van der Waals surface area contributed by atoms with Crippen molar-refractivity contribution in [1.29, 1.82) is 0 Å². The predicted molar refractivity (Wildman–Crippen MR) is 68.9 cm³/mol. The van der Waals surface area contributed by atoms with Gasteiger partial charge < -0.3 is 15.3 Å². The highest BCUT2D eigenvalue weighted by molar-refractivity contribution is 5.98. The molecule has 0 aliphatic carbocycles. The molecular formula is C13H16N2O3. The lowest BCUT2D eigenvalue weighted by molar-refractivity contribution is -0.132. The van der Waals surface area contributed by atoms with E-state index < -0.39 is 5.97 Å². The number of hydrogen-bond donors (Lipinski definition) is 2. The van der Waals surface area contributed by atoms with Gasteiger partial charge in [0.15, 0.2) is 0 Å². The third-order valence-corrected chi connectivity index (χ3v) is 2.40. The Kier molecular flexibility index (Phi) is 4.48. The van der Waals surface area contributed by atoms with E-state index in [4.69, 9.17) is 5.11 Å². The maximum Gasteiger partial charge on any atom is 0.333 e. The Hall–Kier alpha value is -2.30. The van der Waals surface area contributed by atoms with Gasteiger partial charge in [-0.25, -0.2) is 9.59 Å². The Morgan fingerprint density at radius 3 is 2.17 bits per heavy atom. The number of carboxylic acids is 1. The molecule has 0 aliphatic heterocycles. The van der Waals surface area contributed by atoms with E-state index in [1.54, 1.807) is 38.4 Å². The number of nitrogens with one attached hydrogen (secondary N) is 1. The third-order valence-electron chi connectivity index (χ3n) is 2.40. The number of carbonyl (C=O) groups excluding carboxylic acids is 1. The molecule has 0 fully saturated rings. The van der Waals surface area contributed by atoms with Crippen molar-refractivity contribution in [1.82, 2.24) is 10.2 Å². The molecule has 0 aromatic heterocycles. The third kappa shape index (κ3) is 3.35. The first-order chi connectivity index (χ1) is 8.43. The molecule has 0 aliphatic rings. The van der Waals surface area contributed by atoms with Gasteiger partial charge in [-0.2, -0.15) is 0 Å². The van der Waals surface area contributed by atoms with Crippen LogP contribution in [0.1, 0.15) is 12.5 Å². The van der Waals surface area contributed by atoms with Gasteiger partial charge in [-0.3, -0.25) is 0 Å². The van der Waals surface area contributed by atoms with Crippen molar-refractivity contribution in [2.75, 3.05) is 14.1 Å². The van der Waals surface area contributed by atoms with Crippen LogP contribution in [-0.4, -0.2) is 36.1 Å². The highest BCUT2D eigenvalue weighted by Crippen LogP contribution is 2.16. The van der Waals surface area contributed by atoms with Crippen molar-refractivity contribution in [2.24, 2.45) is 0 Å². The van der Waals surface area contributed by atoms with Crippen molar-refractivity contribution in [3.05, 3.63) is 41.5 Å². The summed E-state index contributed by atoms with van der Waals surface area (Å²) in [6, 6.07) is 8.52. The lowest BCUT2D eigenvalue weighted by Crippen LogP contribution is -2.34. The predicted octanol–water partition coefficient (Wildman–Crippen LogP) is 1.77. The molecule has 96 valence electrons. The van der Waals surface area contributed by atoms with Crippen LogP contribution in [0.4, 0.5) is 4.79 Å². The molecule has 1 aromatic rings. The maximum atomic E-state index is 11.6. The number of carboxylic acid groups (broad SMARTS) is 1. The molecule has 1 aromatic carbocycles. The molecule has 0 bridgehead atoms. The van der Waals surface area contributed by atoms with E-state index in [1.165, 1.54) is 11.8 Å². The topological polar surface area (TPSA) is 69.6 Å². The number of rotatable bonds is 3. The minimum Gasteiger partial charge on any atom is -0.478 e. The minimum absolute atomic E-state index is 0.0939. The van der Waals surface area contributed by atoms with Gasteiger partial charge in [0, 0.05) is 14.1 Å². The van der Waals surface area contributed by atoms with Crippen molar-refractivity contribution in [2.45, 2.75) is 6.92 Å². The van der Waals surface area contributed by atoms with E-state index in [0.29, 0.717) is 11.3 Å². The summed E-state index contributed by atoms with van der Waals surface area (Å²) >= 11 is 0. The molecule has 0 saturated carbocycles. The van der Waals surface area contributed by atoms with Crippen molar-refractivity contribution >= 4 is 17.7 Å². The van der Waals surface area contributed by atoms with E-state index in [2.05, 4.69) is 5.32 Å². The van der Waals surface area contributed by atoms with Crippen molar-refractivity contribution < 1.29 is 14.7 Å². The first kappa shape index (κ1) is 13.8. The van der Waals surface area contributed by atoms with Gasteiger partial charge >= 0.3 is 12.0 Å². The van der Waals surface area contributed by atoms with Crippen LogP contribution in [0.15, 0.2) is 35.9 Å². The summed E-state index contributed by atoms with van der Waals surface area (Å²) in [6.07, 6.45) is 0. The summed E-state index contributed by atoms with van der Waals surface area (Å²) < 4.78 is 0. The van der Waals surface area contributed by atoms with Crippen LogP contribution in [0.5, 0.6) is 0 Å². The SMILES string of the molecule is C/C(C(=O)O)=C(/NC(=O)N(C)C)c1ccccc1. The van der Waals surface area contributed by atoms with Crippen LogP contribution < -0.4 is 5.32 Å². The maximum absolute atomic E-state index is 11.6. The van der Waals surface area contributed by atoms with Crippen molar-refractivity contribution in [3.63, 3.8) is 0 Å². The number of nitrogens with zero attached hydrogens (tertiary/aromatic N) is 1. The fourth-order valence-corrected chi connectivity index (χ4v) is 1.31. The summed E-state index contributed by atoms with van der Waals surface area (Å²) in [5, 5.41) is 11.6. The lowest BCUT2D eigenvalue weighted by atomic mass is 10.1. The molecule has 0 spiro atoms. The van der Waals surface area contributed by atoms with Crippen LogP contribution in [0, 0.1) is 0 Å². The Morgan fingerprint density at radius 1 is 1.17 bits per heavy atom. The highest BCUT2D eigenvalue weighted by atomic mass is 16.4. The summed E-state index contributed by atoms with van der Waals surface area (Å²) in [7, 11) is 3.18. The Morgan fingerprint density at radius 2 is 1.72 bits per heavy atom. The van der Waals surface area contributed by atoms with E-state index in [1.807, 2.05) is 6.07 Å². The molecule has 0 saturated heterocycles. The number of hydrogen-bond acceptors (Lipinski definition) is 2. The molecule has 5 heteroatoms. The molecule has 0 heterocycles. The van der Waals surface area contributed by atoms with Crippen molar-refractivity contribution in [3.8, 4) is 0 Å². The fraction of sp³-hybridized carbons (Fsp3) is 0.231. The number of amides is 2. The summed E-state index contributed by atoms with van der Waals surface area (Å²) in [5.74, 6) is -1.06. The summed E-state index contributed by atoms with van der Waals surface area (Å²) in [6.45, 7) is 1.46. The molecule has 5 nitrogen and oxygen atoms in total. The molecule has 2 N–H and O–H groups in total. The monoisotopic (exact) mass is 248 g/mol. The van der Waals surface area contributed by atoms with Gasteiger partial charge in [0.2, 0.25) is 0 Å². The quantitative estimate of drug-likeness (QED) is 0.801. The second kappa shape index (κ2) is 5.86. The summed E-state index contributed by atoms with van der Waals surface area (Å²) in [5.41, 5.74) is 1.06. The van der Waals surface area contributed by atoms with Gasteiger partial charge in [0.1, 0.15) is 0 Å². The molecule has 0 unspecified atom stereocenters. The van der Waals surface area contributed by atoms with E-state index >= 15 is 0 Å². The van der Waals surface area contributed by atoms with Gasteiger partial charge in [-0.1, -0.05) is 30.3 Å². The zero-order chi connectivity index (χ0) is 13.7. The van der Waals surface area contributed by atoms with Gasteiger partial charge in [0.25, 0.3) is 0 Å². The largest absolute Gasteiger partial charge is 0.478 e. The van der Waals surface area contributed by atoms with E-state index in [-0.39, 0.29) is 11.6 Å². The van der Waals surface area contributed by atoms with E-state index in [9.17, 15) is 9.59 Å². The first-order valence-corrected chi connectivity index (χ1v) is 5.41. The summed E-state index contributed by atoms with van der Waals surface area (Å²) in [4.78, 5) is 24.0. The van der Waals surface area contributed by atoms with Crippen LogP contribution in [-0.2, 0) is 4.79 Å². The van der Waals surface area contributed by atoms with Crippen LogP contribution in [0.2, 0.25) is 0 Å². The van der Waals surface area contributed by atoms with Gasteiger partial charge in [-0.15, -0.1) is 0 Å². The smallest absolute Gasteiger partial charge is 0.333 e. The van der Waals surface area contributed by atoms with Crippen LogP contribution in [0.25, 0.3) is 5.70 Å². The van der Waals surface area contributed by atoms with Crippen LogP contribution >= 0.6 is 0 Å². The molecule has 0 atom stereocenters. The Bertz CT molecular complexity index is 478. The zero-order valence-electron chi connectivity index (χ0n) is 10.6. The van der Waals surface area contributed by atoms with E-state index in [0.717, 1.165) is 0 Å². The van der Waals surface area contributed by atoms with Gasteiger partial charge in [0.05, 0.1) is 11.3 Å². The second-order valence-corrected chi connectivity index (χ2v) is 4.00. The molecular weight excluding hydrogens is 232 g/mol. The minimum atomic E-state index is -1.06. The second-order valence-electron chi connectivity index (χ2n) is 4.00. The van der Waals surface area contributed by atoms with Crippen LogP contribution in [0.3, 0.4) is 0 Å².